The molecule has 0 aliphatic heterocycles. The molecule has 122 valence electrons. The second-order valence-electron chi connectivity index (χ2n) is 6.03. The van der Waals surface area contributed by atoms with Crippen LogP contribution in [0, 0.1) is 0 Å². The van der Waals surface area contributed by atoms with Crippen LogP contribution in [0.4, 0.5) is 0 Å². The highest BCUT2D eigenvalue weighted by molar-refractivity contribution is 6.31. The van der Waals surface area contributed by atoms with Crippen molar-refractivity contribution < 1.29 is 9.53 Å². The molecule has 0 spiro atoms. The molecule has 1 atom stereocenters. The van der Waals surface area contributed by atoms with Crippen LogP contribution in [0.2, 0.25) is 5.02 Å². The maximum absolute atomic E-state index is 11.7. The monoisotopic (exact) mass is 342 g/mol. The van der Waals surface area contributed by atoms with Gasteiger partial charge in [-0.25, -0.2) is 0 Å². The average Bonchev–Trinajstić information content (AvgIpc) is 2.53. The van der Waals surface area contributed by atoms with Gasteiger partial charge in [-0.2, -0.15) is 0 Å². The van der Waals surface area contributed by atoms with Crippen molar-refractivity contribution in [3.8, 4) is 0 Å². The molecule has 1 saturated carbocycles. The highest BCUT2D eigenvalue weighted by atomic mass is 35.5. The minimum Gasteiger partial charge on any atom is -0.465 e. The van der Waals surface area contributed by atoms with Gasteiger partial charge in [-0.05, 0) is 48.8 Å². The van der Waals surface area contributed by atoms with Gasteiger partial charge in [0.15, 0.2) is 0 Å². The number of carbonyl (C=O) groups is 1. The summed E-state index contributed by atoms with van der Waals surface area (Å²) in [4.78, 5) is 11.7. The van der Waals surface area contributed by atoms with E-state index >= 15 is 0 Å². The van der Waals surface area contributed by atoms with Gasteiger partial charge in [-0.1, -0.05) is 49.9 Å². The van der Waals surface area contributed by atoms with Crippen LogP contribution >= 0.6 is 23.2 Å². The fourth-order valence-electron chi connectivity index (χ4n) is 3.03. The summed E-state index contributed by atoms with van der Waals surface area (Å²) in [7, 11) is 0. The molecule has 22 heavy (non-hydrogen) atoms. The van der Waals surface area contributed by atoms with Crippen molar-refractivity contribution in [1.82, 2.24) is 0 Å². The van der Waals surface area contributed by atoms with Gasteiger partial charge >= 0.3 is 5.97 Å². The lowest BCUT2D eigenvalue weighted by atomic mass is 9.84. The highest BCUT2D eigenvalue weighted by Gasteiger charge is 2.20. The van der Waals surface area contributed by atoms with Crippen LogP contribution in [-0.2, 0) is 16.0 Å². The van der Waals surface area contributed by atoms with E-state index in [1.165, 1.54) is 37.7 Å². The van der Waals surface area contributed by atoms with E-state index in [-0.39, 0.29) is 5.97 Å². The first-order chi connectivity index (χ1) is 10.6. The molecule has 1 aliphatic rings. The molecule has 1 aliphatic carbocycles. The first kappa shape index (κ1) is 17.6. The summed E-state index contributed by atoms with van der Waals surface area (Å²) in [5.41, 5.74) is 2.22. The topological polar surface area (TPSA) is 26.3 Å². The van der Waals surface area contributed by atoms with E-state index in [2.05, 4.69) is 6.07 Å². The number of hydrogen-bond donors (Lipinski definition) is 0. The summed E-state index contributed by atoms with van der Waals surface area (Å²) in [6.07, 6.45) is 7.61. The second kappa shape index (κ2) is 8.79. The molecule has 0 bridgehead atoms. The molecule has 0 heterocycles. The van der Waals surface area contributed by atoms with E-state index in [1.54, 1.807) is 0 Å². The zero-order valence-corrected chi connectivity index (χ0v) is 14.6. The number of esters is 1. The van der Waals surface area contributed by atoms with E-state index < -0.39 is 5.38 Å². The lowest BCUT2D eigenvalue weighted by Crippen LogP contribution is -2.20. The van der Waals surface area contributed by atoms with Gasteiger partial charge in [0.2, 0.25) is 0 Å². The Hall–Kier alpha value is -0.730. The number of benzene rings is 1. The molecule has 4 heteroatoms. The van der Waals surface area contributed by atoms with Crippen molar-refractivity contribution in [2.45, 2.75) is 63.2 Å². The van der Waals surface area contributed by atoms with E-state index in [4.69, 9.17) is 27.9 Å². The summed E-state index contributed by atoms with van der Waals surface area (Å²) < 4.78 is 5.07. The van der Waals surface area contributed by atoms with Crippen molar-refractivity contribution >= 4 is 29.2 Å². The molecule has 1 unspecified atom stereocenters. The summed E-state index contributed by atoms with van der Waals surface area (Å²) in [5.74, 6) is 0.229. The molecule has 0 saturated heterocycles. The summed E-state index contributed by atoms with van der Waals surface area (Å²) in [6.45, 7) is 2.38. The maximum atomic E-state index is 11.7. The second-order valence-corrected chi connectivity index (χ2v) is 6.96. The number of carbonyl (C=O) groups excluding carboxylic acids is 1. The SMILES string of the molecule is CCCOC(=O)C(Cl)Cc1ccc(C2CCCCC2)c(Cl)c1. The molecule has 0 N–H and O–H groups in total. The lowest BCUT2D eigenvalue weighted by Gasteiger charge is -2.23. The normalized spacial score (nSPS) is 17.2. The van der Waals surface area contributed by atoms with Gasteiger partial charge in [0.25, 0.3) is 0 Å². The Labute approximate surface area is 143 Å². The smallest absolute Gasteiger partial charge is 0.324 e. The molecule has 2 rings (SSSR count). The Morgan fingerprint density at radius 2 is 2.05 bits per heavy atom. The molecule has 0 amide bonds. The molecular formula is C18H24Cl2O2. The standard InChI is InChI=1S/C18H24Cl2O2/c1-2-10-22-18(21)17(20)12-13-8-9-15(16(19)11-13)14-6-4-3-5-7-14/h8-9,11,14,17H,2-7,10,12H2,1H3. The Bertz CT molecular complexity index is 496. The Morgan fingerprint density at radius 3 is 2.68 bits per heavy atom. The quantitative estimate of drug-likeness (QED) is 0.504. The summed E-state index contributed by atoms with van der Waals surface area (Å²) in [6, 6.07) is 6.10. The Morgan fingerprint density at radius 1 is 1.32 bits per heavy atom. The number of ether oxygens (including phenoxy) is 1. The van der Waals surface area contributed by atoms with Crippen molar-refractivity contribution in [3.05, 3.63) is 34.3 Å². The summed E-state index contributed by atoms with van der Waals surface area (Å²) >= 11 is 12.6. The predicted octanol–water partition coefficient (Wildman–Crippen LogP) is 5.49. The number of hydrogen-bond acceptors (Lipinski definition) is 2. The van der Waals surface area contributed by atoms with Crippen LogP contribution in [-0.4, -0.2) is 18.0 Å². The van der Waals surface area contributed by atoms with Crippen LogP contribution in [0.15, 0.2) is 18.2 Å². The van der Waals surface area contributed by atoms with Gasteiger partial charge in [-0.15, -0.1) is 11.6 Å². The van der Waals surface area contributed by atoms with Crippen molar-refractivity contribution in [2.24, 2.45) is 0 Å². The van der Waals surface area contributed by atoms with Crippen LogP contribution < -0.4 is 0 Å². The third kappa shape index (κ3) is 4.89. The predicted molar refractivity (Wildman–Crippen MR) is 91.9 cm³/mol. The summed E-state index contributed by atoms with van der Waals surface area (Å²) in [5, 5.41) is 0.151. The fraction of sp³-hybridized carbons (Fsp3) is 0.611. The first-order valence-corrected chi connectivity index (χ1v) is 9.02. The zero-order chi connectivity index (χ0) is 15.9. The minimum absolute atomic E-state index is 0.351. The minimum atomic E-state index is -0.650. The van der Waals surface area contributed by atoms with Crippen LogP contribution in [0.1, 0.15) is 62.5 Å². The van der Waals surface area contributed by atoms with E-state index in [0.717, 1.165) is 17.0 Å². The highest BCUT2D eigenvalue weighted by Crippen LogP contribution is 2.36. The number of alkyl halides is 1. The molecule has 0 aromatic heterocycles. The lowest BCUT2D eigenvalue weighted by molar-refractivity contribution is -0.143. The maximum Gasteiger partial charge on any atom is 0.324 e. The molecular weight excluding hydrogens is 319 g/mol. The molecule has 1 fully saturated rings. The fourth-order valence-corrected chi connectivity index (χ4v) is 3.62. The van der Waals surface area contributed by atoms with Crippen molar-refractivity contribution in [1.29, 1.82) is 0 Å². The number of rotatable bonds is 6. The van der Waals surface area contributed by atoms with Crippen molar-refractivity contribution in [2.75, 3.05) is 6.61 Å². The Balaban J connectivity index is 1.98. The van der Waals surface area contributed by atoms with Gasteiger partial charge < -0.3 is 4.74 Å². The van der Waals surface area contributed by atoms with Gasteiger partial charge in [0, 0.05) is 5.02 Å². The largest absolute Gasteiger partial charge is 0.465 e. The molecule has 2 nitrogen and oxygen atoms in total. The third-order valence-corrected chi connectivity index (χ3v) is 4.89. The van der Waals surface area contributed by atoms with Crippen molar-refractivity contribution in [3.63, 3.8) is 0 Å². The van der Waals surface area contributed by atoms with E-state index in [0.29, 0.717) is 18.9 Å². The zero-order valence-electron chi connectivity index (χ0n) is 13.1. The average molecular weight is 343 g/mol. The van der Waals surface area contributed by atoms with E-state index in [1.807, 2.05) is 19.1 Å². The van der Waals surface area contributed by atoms with Gasteiger partial charge in [-0.3, -0.25) is 4.79 Å². The molecule has 1 aromatic carbocycles. The van der Waals surface area contributed by atoms with Crippen LogP contribution in [0.5, 0.6) is 0 Å². The van der Waals surface area contributed by atoms with Crippen LogP contribution in [0.3, 0.4) is 0 Å². The van der Waals surface area contributed by atoms with Gasteiger partial charge in [0.05, 0.1) is 6.61 Å². The van der Waals surface area contributed by atoms with E-state index in [9.17, 15) is 4.79 Å². The first-order valence-electron chi connectivity index (χ1n) is 8.20. The Kier molecular flexibility index (Phi) is 7.04. The van der Waals surface area contributed by atoms with Crippen LogP contribution in [0.25, 0.3) is 0 Å². The molecule has 0 radical (unpaired) electrons. The third-order valence-electron chi connectivity index (χ3n) is 4.23. The number of halogens is 2. The van der Waals surface area contributed by atoms with Gasteiger partial charge in [0.1, 0.15) is 5.38 Å². The molecule has 1 aromatic rings.